The smallest absolute Gasteiger partial charge is 0.0476 e. The summed E-state index contributed by atoms with van der Waals surface area (Å²) in [6, 6.07) is 100. The van der Waals surface area contributed by atoms with E-state index in [0.717, 1.165) is 22.6 Å². The van der Waals surface area contributed by atoms with E-state index < -0.39 is 0 Å². The van der Waals surface area contributed by atoms with E-state index in [1.807, 2.05) is 11.3 Å². The number of hydrogen-bond donors (Lipinski definition) is 0. The van der Waals surface area contributed by atoms with Crippen LogP contribution in [0.1, 0.15) is 0 Å². The fourth-order valence-electron chi connectivity index (χ4n) is 10.6. The molecule has 0 saturated carbocycles. The Balaban J connectivity index is 1.02. The summed E-state index contributed by atoms with van der Waals surface area (Å²) in [5.41, 5.74) is 17.7. The lowest BCUT2D eigenvalue weighted by atomic mass is 9.77. The maximum atomic E-state index is 2.41. The predicted octanol–water partition coefficient (Wildman–Crippen LogP) is 19.8. The summed E-state index contributed by atoms with van der Waals surface area (Å²) < 4.78 is 2.58. The van der Waals surface area contributed by atoms with Crippen LogP contribution in [0.5, 0.6) is 0 Å². The van der Waals surface area contributed by atoms with E-state index in [0.29, 0.717) is 0 Å². The highest BCUT2D eigenvalue weighted by Gasteiger charge is 2.26. The normalized spacial score (nSPS) is 11.4. The van der Waals surface area contributed by atoms with Gasteiger partial charge in [0.25, 0.3) is 0 Å². The first kappa shape index (κ1) is 41.4. The van der Waals surface area contributed by atoms with E-state index in [-0.39, 0.29) is 0 Å². The molecule has 1 aromatic heterocycles. The van der Waals surface area contributed by atoms with Gasteiger partial charge in [-0.05, 0) is 137 Å². The molecule has 1 heterocycles. The average Bonchev–Trinajstić information content (AvgIpc) is 3.81. The summed E-state index contributed by atoms with van der Waals surface area (Å²) in [6.45, 7) is 0. The van der Waals surface area contributed by atoms with Crippen molar-refractivity contribution in [3.8, 4) is 66.8 Å². The summed E-state index contributed by atoms with van der Waals surface area (Å²) in [5, 5.41) is 7.53. The van der Waals surface area contributed by atoms with Crippen molar-refractivity contribution in [1.29, 1.82) is 0 Å². The largest absolute Gasteiger partial charge is 0.310 e. The molecular weight excluding hydrogens is 863 g/mol. The third-order valence-electron chi connectivity index (χ3n) is 13.8. The summed E-state index contributed by atoms with van der Waals surface area (Å²) in [6.07, 6.45) is 0. The van der Waals surface area contributed by atoms with Gasteiger partial charge < -0.3 is 4.90 Å². The first-order valence-electron chi connectivity index (χ1n) is 24.0. The predicted molar refractivity (Wildman–Crippen MR) is 302 cm³/mol. The van der Waals surface area contributed by atoms with Gasteiger partial charge in [0.1, 0.15) is 0 Å². The average molecular weight is 908 g/mol. The van der Waals surface area contributed by atoms with Crippen molar-refractivity contribution in [2.75, 3.05) is 4.90 Å². The molecule has 0 amide bonds. The van der Waals surface area contributed by atoms with Crippen LogP contribution in [-0.2, 0) is 0 Å². The number of nitrogens with zero attached hydrogens (tertiary/aromatic N) is 1. The Bertz CT molecular complexity index is 4010. The van der Waals surface area contributed by atoms with E-state index in [4.69, 9.17) is 0 Å². The van der Waals surface area contributed by atoms with E-state index in [2.05, 4.69) is 278 Å². The maximum Gasteiger partial charge on any atom is 0.0476 e. The molecule has 0 bridgehead atoms. The fourth-order valence-corrected chi connectivity index (χ4v) is 11.8. The molecule has 0 radical (unpaired) electrons. The van der Waals surface area contributed by atoms with Crippen LogP contribution in [0, 0.1) is 0 Å². The highest BCUT2D eigenvalue weighted by Crippen LogP contribution is 2.53. The Morgan fingerprint density at radius 1 is 0.243 bits per heavy atom. The molecule has 328 valence electrons. The Morgan fingerprint density at radius 2 is 0.714 bits per heavy atom. The minimum absolute atomic E-state index is 1.09. The summed E-state index contributed by atoms with van der Waals surface area (Å²) >= 11 is 1.86. The van der Waals surface area contributed by atoms with Gasteiger partial charge in [0.05, 0.1) is 0 Å². The van der Waals surface area contributed by atoms with Crippen LogP contribution in [0.15, 0.2) is 273 Å². The second-order valence-electron chi connectivity index (χ2n) is 18.0. The zero-order chi connectivity index (χ0) is 46.4. The molecule has 0 fully saturated rings. The van der Waals surface area contributed by atoms with Gasteiger partial charge in [-0.3, -0.25) is 0 Å². The molecule has 0 saturated heterocycles. The van der Waals surface area contributed by atoms with E-state index in [1.165, 1.54) is 103 Å². The van der Waals surface area contributed by atoms with Crippen molar-refractivity contribution in [1.82, 2.24) is 0 Å². The first-order valence-corrected chi connectivity index (χ1v) is 24.8. The second kappa shape index (κ2) is 17.7. The van der Waals surface area contributed by atoms with Gasteiger partial charge >= 0.3 is 0 Å². The van der Waals surface area contributed by atoms with Crippen LogP contribution in [0.4, 0.5) is 17.1 Å². The molecule has 0 N–H and O–H groups in total. The third kappa shape index (κ3) is 7.34. The molecule has 0 spiro atoms. The van der Waals surface area contributed by atoms with Gasteiger partial charge in [-0.1, -0.05) is 224 Å². The highest BCUT2D eigenvalue weighted by molar-refractivity contribution is 7.25. The Hall–Kier alpha value is -8.82. The van der Waals surface area contributed by atoms with Crippen molar-refractivity contribution in [3.63, 3.8) is 0 Å². The standard InChI is InChI=1S/C68H45NS/c1-5-19-49(20-6-1)64-61-30-17-29-58(68(61)67(52-25-11-4-12-26-52)66(51-23-9-3-10-24-51)65(64)50-21-7-2-8-22-50)48-36-40-56(41-37-48)69(57-42-43-60-59-28-15-16-31-62(59)70-63(60)45-57)55-38-34-47(35-39-55)54-33-32-46-18-13-14-27-53(46)44-54/h1-45H. The molecular formula is C68H45NS. The van der Waals surface area contributed by atoms with Crippen LogP contribution in [0.2, 0.25) is 0 Å². The summed E-state index contributed by atoms with van der Waals surface area (Å²) in [4.78, 5) is 2.41. The minimum atomic E-state index is 1.09. The third-order valence-corrected chi connectivity index (χ3v) is 15.0. The minimum Gasteiger partial charge on any atom is -0.310 e. The molecule has 13 aromatic rings. The van der Waals surface area contributed by atoms with Gasteiger partial charge in [0.2, 0.25) is 0 Å². The van der Waals surface area contributed by atoms with E-state index >= 15 is 0 Å². The van der Waals surface area contributed by atoms with Gasteiger partial charge in [-0.2, -0.15) is 0 Å². The molecule has 0 unspecified atom stereocenters. The van der Waals surface area contributed by atoms with Gasteiger partial charge in [0, 0.05) is 37.2 Å². The zero-order valence-corrected chi connectivity index (χ0v) is 39.2. The maximum absolute atomic E-state index is 2.41. The van der Waals surface area contributed by atoms with Crippen LogP contribution in [-0.4, -0.2) is 0 Å². The van der Waals surface area contributed by atoms with Crippen molar-refractivity contribution in [2.45, 2.75) is 0 Å². The van der Waals surface area contributed by atoms with Crippen LogP contribution < -0.4 is 4.90 Å². The number of benzene rings is 12. The van der Waals surface area contributed by atoms with Crippen molar-refractivity contribution in [3.05, 3.63) is 273 Å². The van der Waals surface area contributed by atoms with Gasteiger partial charge in [0.15, 0.2) is 0 Å². The lowest BCUT2D eigenvalue weighted by Crippen LogP contribution is -2.09. The SMILES string of the molecule is c1ccc(-c2c(-c3ccccc3)c(-c3ccccc3)c3c(-c4ccc(N(c5ccc(-c6ccc7ccccc7c6)cc5)c5ccc6c(c5)sc5ccccc56)cc4)cccc3c2-c2ccccc2)cc1. The van der Waals surface area contributed by atoms with Crippen LogP contribution in [0.25, 0.3) is 108 Å². The molecule has 70 heavy (non-hydrogen) atoms. The Labute approximate surface area is 412 Å². The quantitative estimate of drug-likeness (QED) is 0.139. The van der Waals surface area contributed by atoms with E-state index in [1.54, 1.807) is 0 Å². The topological polar surface area (TPSA) is 3.24 Å². The van der Waals surface area contributed by atoms with Crippen molar-refractivity contribution in [2.24, 2.45) is 0 Å². The van der Waals surface area contributed by atoms with Crippen molar-refractivity contribution < 1.29 is 0 Å². The second-order valence-corrected chi connectivity index (χ2v) is 19.0. The van der Waals surface area contributed by atoms with Gasteiger partial charge in [-0.15, -0.1) is 11.3 Å². The fraction of sp³-hybridized carbons (Fsp3) is 0. The molecule has 0 aliphatic heterocycles. The molecule has 12 aromatic carbocycles. The number of anilines is 3. The zero-order valence-electron chi connectivity index (χ0n) is 38.3. The van der Waals surface area contributed by atoms with Crippen LogP contribution >= 0.6 is 11.3 Å². The number of thiophene rings is 1. The van der Waals surface area contributed by atoms with E-state index in [9.17, 15) is 0 Å². The molecule has 13 rings (SSSR count). The van der Waals surface area contributed by atoms with Crippen molar-refractivity contribution >= 4 is 70.1 Å². The summed E-state index contributed by atoms with van der Waals surface area (Å²) in [7, 11) is 0. The monoisotopic (exact) mass is 907 g/mol. The first-order chi connectivity index (χ1) is 34.7. The molecule has 0 aliphatic carbocycles. The number of rotatable bonds is 9. The number of hydrogen-bond acceptors (Lipinski definition) is 2. The lowest BCUT2D eigenvalue weighted by molar-refractivity contribution is 1.29. The lowest BCUT2D eigenvalue weighted by Gasteiger charge is -2.27. The number of fused-ring (bicyclic) bond motifs is 5. The molecule has 0 aliphatic rings. The van der Waals surface area contributed by atoms with Gasteiger partial charge in [-0.25, -0.2) is 0 Å². The molecule has 2 heteroatoms. The summed E-state index contributed by atoms with van der Waals surface area (Å²) in [5.74, 6) is 0. The van der Waals surface area contributed by atoms with Crippen LogP contribution in [0.3, 0.4) is 0 Å². The molecule has 1 nitrogen and oxygen atoms in total. The molecule has 0 atom stereocenters. The Morgan fingerprint density at radius 3 is 1.36 bits per heavy atom. The Kier molecular flexibility index (Phi) is 10.5. The highest BCUT2D eigenvalue weighted by atomic mass is 32.1.